The second-order valence-corrected chi connectivity index (χ2v) is 4.12. The van der Waals surface area contributed by atoms with E-state index in [1.165, 1.54) is 0 Å². The van der Waals surface area contributed by atoms with Crippen molar-refractivity contribution in [3.8, 4) is 0 Å². The molecule has 3 nitrogen and oxygen atoms in total. The van der Waals surface area contributed by atoms with E-state index in [0.717, 1.165) is 5.56 Å². The Morgan fingerprint density at radius 1 is 1.71 bits per heavy atom. The lowest BCUT2D eigenvalue weighted by Crippen LogP contribution is -2.40. The summed E-state index contributed by atoms with van der Waals surface area (Å²) in [4.78, 5) is 13.3. The summed E-state index contributed by atoms with van der Waals surface area (Å²) in [7, 11) is 1.79. The molecule has 0 radical (unpaired) electrons. The van der Waals surface area contributed by atoms with Gasteiger partial charge in [-0.2, -0.15) is 11.3 Å². The van der Waals surface area contributed by atoms with Crippen molar-refractivity contribution in [3.05, 3.63) is 22.4 Å². The van der Waals surface area contributed by atoms with Gasteiger partial charge in [-0.3, -0.25) is 4.79 Å². The molecule has 1 heterocycles. The largest absolute Gasteiger partial charge is 0.340 e. The molecule has 0 bridgehead atoms. The fraction of sp³-hybridized carbons (Fsp3) is 0.500. The maximum Gasteiger partial charge on any atom is 0.239 e. The van der Waals surface area contributed by atoms with Crippen molar-refractivity contribution >= 4 is 17.2 Å². The molecule has 14 heavy (non-hydrogen) atoms. The van der Waals surface area contributed by atoms with Gasteiger partial charge < -0.3 is 10.6 Å². The lowest BCUT2D eigenvalue weighted by Gasteiger charge is -2.19. The summed E-state index contributed by atoms with van der Waals surface area (Å²) in [5.41, 5.74) is 6.82. The van der Waals surface area contributed by atoms with E-state index in [2.05, 4.69) is 0 Å². The second kappa shape index (κ2) is 5.12. The van der Waals surface area contributed by atoms with Crippen molar-refractivity contribution in [2.24, 2.45) is 5.73 Å². The molecule has 4 heteroatoms. The lowest BCUT2D eigenvalue weighted by molar-refractivity contribution is -0.131. The topological polar surface area (TPSA) is 46.3 Å². The summed E-state index contributed by atoms with van der Waals surface area (Å²) in [5, 5.41) is 4.05. The van der Waals surface area contributed by atoms with Crippen LogP contribution in [0.2, 0.25) is 0 Å². The maximum atomic E-state index is 11.6. The van der Waals surface area contributed by atoms with E-state index >= 15 is 0 Å². The summed E-state index contributed by atoms with van der Waals surface area (Å²) >= 11 is 1.64. The fourth-order valence-corrected chi connectivity index (χ4v) is 1.85. The van der Waals surface area contributed by atoms with Crippen LogP contribution in [0.1, 0.15) is 18.9 Å². The van der Waals surface area contributed by atoms with Crippen molar-refractivity contribution in [1.82, 2.24) is 4.90 Å². The number of carbonyl (C=O) groups is 1. The zero-order valence-corrected chi connectivity index (χ0v) is 9.38. The van der Waals surface area contributed by atoms with Crippen LogP contribution in [0.5, 0.6) is 0 Å². The smallest absolute Gasteiger partial charge is 0.239 e. The molecule has 78 valence electrons. The highest BCUT2D eigenvalue weighted by Crippen LogP contribution is 2.09. The Hall–Kier alpha value is -0.870. The average Bonchev–Trinajstić information content (AvgIpc) is 2.68. The van der Waals surface area contributed by atoms with Gasteiger partial charge in [-0.05, 0) is 28.8 Å². The van der Waals surface area contributed by atoms with E-state index in [4.69, 9.17) is 5.73 Å². The van der Waals surface area contributed by atoms with Gasteiger partial charge in [-0.25, -0.2) is 0 Å². The second-order valence-electron chi connectivity index (χ2n) is 3.34. The summed E-state index contributed by atoms with van der Waals surface area (Å²) < 4.78 is 0. The highest BCUT2D eigenvalue weighted by molar-refractivity contribution is 7.07. The highest BCUT2D eigenvalue weighted by Gasteiger charge is 2.15. The Bertz CT molecular complexity index is 284. The van der Waals surface area contributed by atoms with E-state index < -0.39 is 0 Å². The Labute approximate surface area is 88.5 Å². The first-order valence-corrected chi connectivity index (χ1v) is 5.61. The molecule has 1 aromatic rings. The van der Waals surface area contributed by atoms with E-state index in [9.17, 15) is 4.79 Å². The summed E-state index contributed by atoms with van der Waals surface area (Å²) in [6.07, 6.45) is 0.687. The molecule has 0 unspecified atom stereocenters. The van der Waals surface area contributed by atoms with Crippen molar-refractivity contribution in [3.63, 3.8) is 0 Å². The van der Waals surface area contributed by atoms with Crippen molar-refractivity contribution in [1.29, 1.82) is 0 Å². The quantitative estimate of drug-likeness (QED) is 0.821. The molecule has 2 N–H and O–H groups in total. The van der Waals surface area contributed by atoms with Crippen molar-refractivity contribution in [2.75, 3.05) is 7.05 Å². The van der Waals surface area contributed by atoms with E-state index in [-0.39, 0.29) is 11.9 Å². The van der Waals surface area contributed by atoms with Gasteiger partial charge in [0.25, 0.3) is 0 Å². The van der Waals surface area contributed by atoms with Gasteiger partial charge in [0.05, 0.1) is 6.04 Å². The predicted molar refractivity (Wildman–Crippen MR) is 59.1 cm³/mol. The van der Waals surface area contributed by atoms with Crippen molar-refractivity contribution < 1.29 is 4.79 Å². The monoisotopic (exact) mass is 212 g/mol. The first-order valence-electron chi connectivity index (χ1n) is 4.66. The van der Waals surface area contributed by atoms with Crippen LogP contribution in [0.4, 0.5) is 0 Å². The third-order valence-corrected chi connectivity index (χ3v) is 2.87. The van der Waals surface area contributed by atoms with Gasteiger partial charge in [0.15, 0.2) is 0 Å². The van der Waals surface area contributed by atoms with Crippen LogP contribution in [0, 0.1) is 0 Å². The van der Waals surface area contributed by atoms with Gasteiger partial charge >= 0.3 is 0 Å². The number of nitrogens with two attached hydrogens (primary N) is 1. The number of rotatable bonds is 4. The molecule has 1 amide bonds. The van der Waals surface area contributed by atoms with E-state index in [0.29, 0.717) is 13.0 Å². The molecule has 0 aliphatic carbocycles. The Balaban J connectivity index is 2.50. The van der Waals surface area contributed by atoms with E-state index in [1.54, 1.807) is 23.3 Å². The first-order chi connectivity index (χ1) is 6.65. The minimum Gasteiger partial charge on any atom is -0.340 e. The maximum absolute atomic E-state index is 11.6. The number of likely N-dealkylation sites (N-methyl/N-ethyl adjacent to an activating group) is 1. The predicted octanol–water partition coefficient (Wildman–Crippen LogP) is 1.44. The fourth-order valence-electron chi connectivity index (χ4n) is 1.19. The summed E-state index contributed by atoms with van der Waals surface area (Å²) in [6, 6.07) is 1.66. The van der Waals surface area contributed by atoms with Crippen LogP contribution in [0.3, 0.4) is 0 Å². The molecule has 1 rings (SSSR count). The number of hydrogen-bond acceptors (Lipinski definition) is 3. The molecule has 0 fully saturated rings. The average molecular weight is 212 g/mol. The van der Waals surface area contributed by atoms with Crippen LogP contribution in [-0.2, 0) is 11.3 Å². The summed E-state index contributed by atoms with van der Waals surface area (Å²) in [5.74, 6) is 0.0127. The minimum absolute atomic E-state index is 0.0127. The van der Waals surface area contributed by atoms with Crippen molar-refractivity contribution in [2.45, 2.75) is 25.9 Å². The molecular weight excluding hydrogens is 196 g/mol. The van der Waals surface area contributed by atoms with Crippen LogP contribution < -0.4 is 5.73 Å². The van der Waals surface area contributed by atoms with Gasteiger partial charge in [0, 0.05) is 13.6 Å². The number of hydrogen-bond donors (Lipinski definition) is 1. The molecule has 0 aromatic carbocycles. The number of thiophene rings is 1. The van der Waals surface area contributed by atoms with Gasteiger partial charge in [-0.1, -0.05) is 6.92 Å². The number of carbonyl (C=O) groups excluding carboxylic acids is 1. The van der Waals surface area contributed by atoms with Crippen LogP contribution in [0.25, 0.3) is 0 Å². The normalized spacial score (nSPS) is 12.5. The molecule has 0 spiro atoms. The van der Waals surface area contributed by atoms with Crippen LogP contribution >= 0.6 is 11.3 Å². The number of nitrogens with zero attached hydrogens (tertiary/aromatic N) is 1. The van der Waals surface area contributed by atoms with Crippen LogP contribution in [0.15, 0.2) is 16.8 Å². The standard InChI is InChI=1S/C10H16N2OS/c1-3-9(11)10(13)12(2)6-8-4-5-14-7-8/h4-5,7,9H,3,6,11H2,1-2H3/t9-/m0/s1. The Morgan fingerprint density at radius 3 is 2.93 bits per heavy atom. The molecule has 1 atom stereocenters. The molecule has 0 saturated carbocycles. The third kappa shape index (κ3) is 2.82. The zero-order valence-electron chi connectivity index (χ0n) is 8.56. The Morgan fingerprint density at radius 2 is 2.43 bits per heavy atom. The molecule has 0 saturated heterocycles. The minimum atomic E-state index is -0.362. The molecule has 0 aliphatic rings. The first kappa shape index (κ1) is 11.2. The van der Waals surface area contributed by atoms with E-state index in [1.807, 2.05) is 23.8 Å². The molecule has 0 aliphatic heterocycles. The number of amides is 1. The van der Waals surface area contributed by atoms with Gasteiger partial charge in [-0.15, -0.1) is 0 Å². The summed E-state index contributed by atoms with van der Waals surface area (Å²) in [6.45, 7) is 2.57. The zero-order chi connectivity index (χ0) is 10.6. The third-order valence-electron chi connectivity index (χ3n) is 2.13. The SMILES string of the molecule is CC[C@H](N)C(=O)N(C)Cc1ccsc1. The van der Waals surface area contributed by atoms with Crippen LogP contribution in [-0.4, -0.2) is 23.9 Å². The molecular formula is C10H16N2OS. The highest BCUT2D eigenvalue weighted by atomic mass is 32.1. The van der Waals surface area contributed by atoms with Gasteiger partial charge in [0.2, 0.25) is 5.91 Å². The lowest BCUT2D eigenvalue weighted by atomic mass is 10.2. The Kier molecular flexibility index (Phi) is 4.10. The molecule has 1 aromatic heterocycles. The van der Waals surface area contributed by atoms with Gasteiger partial charge in [0.1, 0.15) is 0 Å².